The molecule has 0 aromatic carbocycles. The van der Waals surface area contributed by atoms with Gasteiger partial charge in [0.2, 0.25) is 0 Å². The number of carbonyl (C=O) groups excluding carboxylic acids is 1. The van der Waals surface area contributed by atoms with E-state index in [2.05, 4.69) is 20.8 Å². The number of hydrogen-bond donors (Lipinski definition) is 0. The summed E-state index contributed by atoms with van der Waals surface area (Å²) < 4.78 is 0. The highest BCUT2D eigenvalue weighted by atomic mass is 32.2. The second-order valence-electron chi connectivity index (χ2n) is 3.94. The van der Waals surface area contributed by atoms with E-state index < -0.39 is 0 Å². The lowest BCUT2D eigenvalue weighted by Gasteiger charge is -2.12. The van der Waals surface area contributed by atoms with Crippen LogP contribution in [0.1, 0.15) is 47.0 Å². The van der Waals surface area contributed by atoms with E-state index >= 15 is 0 Å². The van der Waals surface area contributed by atoms with E-state index in [1.807, 2.05) is 11.8 Å². The Morgan fingerprint density at radius 3 is 2.31 bits per heavy atom. The lowest BCUT2D eigenvalue weighted by Crippen LogP contribution is -2.14. The van der Waals surface area contributed by atoms with Gasteiger partial charge in [-0.2, -0.15) is 11.8 Å². The van der Waals surface area contributed by atoms with Gasteiger partial charge >= 0.3 is 0 Å². The van der Waals surface area contributed by atoms with Crippen LogP contribution in [0.3, 0.4) is 0 Å². The van der Waals surface area contributed by atoms with Gasteiger partial charge in [-0.1, -0.05) is 27.2 Å². The minimum atomic E-state index is 0.253. The standard InChI is InChI=1S/C11H22OS/c1-5-6-11(10(4)12)13-8-7-9(2)3/h9,11H,5-8H2,1-4H3. The van der Waals surface area contributed by atoms with Crippen LogP contribution in [0.5, 0.6) is 0 Å². The molecule has 0 amide bonds. The third-order valence-corrected chi connectivity index (χ3v) is 3.46. The molecule has 78 valence electrons. The first-order valence-electron chi connectivity index (χ1n) is 5.20. The van der Waals surface area contributed by atoms with Crippen molar-refractivity contribution in [3.05, 3.63) is 0 Å². The van der Waals surface area contributed by atoms with Gasteiger partial charge < -0.3 is 0 Å². The Hall–Kier alpha value is 0.0200. The summed E-state index contributed by atoms with van der Waals surface area (Å²) in [5.74, 6) is 2.22. The minimum absolute atomic E-state index is 0.253. The van der Waals surface area contributed by atoms with Gasteiger partial charge in [-0.3, -0.25) is 4.79 Å². The van der Waals surface area contributed by atoms with Crippen LogP contribution in [0.15, 0.2) is 0 Å². The monoisotopic (exact) mass is 202 g/mol. The number of rotatable bonds is 7. The Morgan fingerprint density at radius 1 is 1.31 bits per heavy atom. The van der Waals surface area contributed by atoms with Crippen molar-refractivity contribution < 1.29 is 4.79 Å². The van der Waals surface area contributed by atoms with E-state index in [-0.39, 0.29) is 5.25 Å². The topological polar surface area (TPSA) is 17.1 Å². The zero-order valence-corrected chi connectivity index (χ0v) is 10.1. The normalized spacial score (nSPS) is 13.3. The second kappa shape index (κ2) is 7.43. The molecule has 13 heavy (non-hydrogen) atoms. The molecule has 0 radical (unpaired) electrons. The van der Waals surface area contributed by atoms with Gasteiger partial charge in [-0.25, -0.2) is 0 Å². The fourth-order valence-electron chi connectivity index (χ4n) is 1.11. The van der Waals surface area contributed by atoms with Crippen LogP contribution >= 0.6 is 11.8 Å². The van der Waals surface area contributed by atoms with Crippen LogP contribution in [0.25, 0.3) is 0 Å². The summed E-state index contributed by atoms with van der Waals surface area (Å²) in [6.07, 6.45) is 3.37. The van der Waals surface area contributed by atoms with Crippen LogP contribution in [-0.2, 0) is 4.79 Å². The highest BCUT2D eigenvalue weighted by molar-refractivity contribution is 8.00. The minimum Gasteiger partial charge on any atom is -0.299 e. The molecule has 0 fully saturated rings. The third kappa shape index (κ3) is 7.12. The van der Waals surface area contributed by atoms with E-state index in [0.29, 0.717) is 5.78 Å². The van der Waals surface area contributed by atoms with Gasteiger partial charge in [0.1, 0.15) is 5.78 Å². The van der Waals surface area contributed by atoms with E-state index in [0.717, 1.165) is 24.5 Å². The molecule has 0 saturated heterocycles. The smallest absolute Gasteiger partial charge is 0.142 e. The molecule has 0 spiro atoms. The number of hydrogen-bond acceptors (Lipinski definition) is 2. The molecule has 0 rings (SSSR count). The molecule has 1 unspecified atom stereocenters. The van der Waals surface area contributed by atoms with Crippen molar-refractivity contribution in [2.45, 2.75) is 52.2 Å². The van der Waals surface area contributed by atoms with Gasteiger partial charge in [-0.15, -0.1) is 0 Å². The van der Waals surface area contributed by atoms with Crippen molar-refractivity contribution in [2.75, 3.05) is 5.75 Å². The fourth-order valence-corrected chi connectivity index (χ4v) is 2.64. The summed E-state index contributed by atoms with van der Waals surface area (Å²) in [6, 6.07) is 0. The first-order chi connectivity index (χ1) is 6.07. The molecular formula is C11H22OS. The third-order valence-electron chi connectivity index (χ3n) is 2.02. The maximum Gasteiger partial charge on any atom is 0.142 e. The Morgan fingerprint density at radius 2 is 1.92 bits per heavy atom. The van der Waals surface area contributed by atoms with Gasteiger partial charge in [0.25, 0.3) is 0 Å². The number of Topliss-reactive ketones (excluding diaryl/α,β-unsaturated/α-hetero) is 1. The molecule has 0 aromatic rings. The Kier molecular flexibility index (Phi) is 7.44. The summed E-state index contributed by atoms with van der Waals surface area (Å²) in [6.45, 7) is 8.30. The molecule has 0 bridgehead atoms. The van der Waals surface area contributed by atoms with Crippen molar-refractivity contribution in [3.63, 3.8) is 0 Å². The van der Waals surface area contributed by atoms with Crippen LogP contribution in [0.2, 0.25) is 0 Å². The van der Waals surface area contributed by atoms with Crippen molar-refractivity contribution in [2.24, 2.45) is 5.92 Å². The van der Waals surface area contributed by atoms with Gasteiger partial charge in [-0.05, 0) is 31.4 Å². The fraction of sp³-hybridized carbons (Fsp3) is 0.909. The average Bonchev–Trinajstić information content (AvgIpc) is 2.02. The summed E-state index contributed by atoms with van der Waals surface area (Å²) in [7, 11) is 0. The van der Waals surface area contributed by atoms with Gasteiger partial charge in [0, 0.05) is 0 Å². The van der Waals surface area contributed by atoms with E-state index in [4.69, 9.17) is 0 Å². The summed E-state index contributed by atoms with van der Waals surface area (Å²) in [5.41, 5.74) is 0. The average molecular weight is 202 g/mol. The maximum atomic E-state index is 11.2. The predicted molar refractivity (Wildman–Crippen MR) is 61.3 cm³/mol. The van der Waals surface area contributed by atoms with Crippen LogP contribution in [0, 0.1) is 5.92 Å². The lowest BCUT2D eigenvalue weighted by atomic mass is 10.2. The number of thioether (sulfide) groups is 1. The van der Waals surface area contributed by atoms with Crippen LogP contribution < -0.4 is 0 Å². The quantitative estimate of drug-likeness (QED) is 0.628. The first-order valence-corrected chi connectivity index (χ1v) is 6.24. The van der Waals surface area contributed by atoms with Crippen molar-refractivity contribution in [1.82, 2.24) is 0 Å². The maximum absolute atomic E-state index is 11.2. The molecule has 0 aliphatic carbocycles. The van der Waals surface area contributed by atoms with Gasteiger partial charge in [0.15, 0.2) is 0 Å². The molecule has 0 N–H and O–H groups in total. The molecule has 0 aromatic heterocycles. The summed E-state index contributed by atoms with van der Waals surface area (Å²) in [4.78, 5) is 11.2. The van der Waals surface area contributed by atoms with E-state index in [1.165, 1.54) is 6.42 Å². The van der Waals surface area contributed by atoms with Crippen LogP contribution in [0.4, 0.5) is 0 Å². The zero-order valence-electron chi connectivity index (χ0n) is 9.30. The van der Waals surface area contributed by atoms with E-state index in [9.17, 15) is 4.79 Å². The molecule has 0 aliphatic heterocycles. The molecule has 0 saturated carbocycles. The summed E-state index contributed by atoms with van der Waals surface area (Å²) in [5, 5.41) is 0.253. The molecule has 0 heterocycles. The SMILES string of the molecule is CCCC(SCCC(C)C)C(C)=O. The molecule has 0 aliphatic rings. The van der Waals surface area contributed by atoms with Crippen molar-refractivity contribution in [1.29, 1.82) is 0 Å². The lowest BCUT2D eigenvalue weighted by molar-refractivity contribution is -0.116. The molecule has 1 atom stereocenters. The van der Waals surface area contributed by atoms with Crippen molar-refractivity contribution in [3.8, 4) is 0 Å². The molecule has 2 heteroatoms. The Balaban J connectivity index is 3.63. The summed E-state index contributed by atoms with van der Waals surface area (Å²) >= 11 is 1.83. The Labute approximate surface area is 86.7 Å². The second-order valence-corrected chi connectivity index (χ2v) is 5.25. The predicted octanol–water partition coefficient (Wildman–Crippen LogP) is 3.52. The number of ketones is 1. The molecule has 1 nitrogen and oxygen atoms in total. The Bertz CT molecular complexity index is 143. The highest BCUT2D eigenvalue weighted by Gasteiger charge is 2.12. The zero-order chi connectivity index (χ0) is 10.3. The van der Waals surface area contributed by atoms with Crippen molar-refractivity contribution >= 4 is 17.5 Å². The molecular weight excluding hydrogens is 180 g/mol. The van der Waals surface area contributed by atoms with E-state index in [1.54, 1.807) is 6.92 Å². The first kappa shape index (κ1) is 13.0. The van der Waals surface area contributed by atoms with Gasteiger partial charge in [0.05, 0.1) is 5.25 Å². The van der Waals surface area contributed by atoms with Crippen LogP contribution in [-0.4, -0.2) is 16.8 Å². The highest BCUT2D eigenvalue weighted by Crippen LogP contribution is 2.19. The number of carbonyl (C=O) groups is 1. The largest absolute Gasteiger partial charge is 0.299 e.